The predicted octanol–water partition coefficient (Wildman–Crippen LogP) is 2.77. The molecule has 3 rings (SSSR count). The third kappa shape index (κ3) is 2.20. The van der Waals surface area contributed by atoms with Crippen LogP contribution in [0.25, 0.3) is 11.0 Å². The number of aromatic carboxylic acids is 1. The van der Waals surface area contributed by atoms with Gasteiger partial charge < -0.3 is 14.3 Å². The zero-order valence-corrected chi connectivity index (χ0v) is 11.6. The molecule has 6 nitrogen and oxygen atoms in total. The first-order valence-electron chi connectivity index (χ1n) is 6.40. The van der Waals surface area contributed by atoms with Gasteiger partial charge in [0.15, 0.2) is 17.1 Å². The number of carbonyl (C=O) groups excluding carboxylic acids is 1. The molecule has 6 heteroatoms. The normalized spacial score (nSPS) is 10.6. The number of nitrogens with zero attached hydrogens (tertiary/aromatic N) is 1. The lowest BCUT2D eigenvalue weighted by molar-refractivity contribution is 0.0698. The van der Waals surface area contributed by atoms with Gasteiger partial charge in [-0.05, 0) is 30.3 Å². The highest BCUT2D eigenvalue weighted by atomic mass is 16.5. The zero-order chi connectivity index (χ0) is 15.7. The Kier molecular flexibility index (Phi) is 3.34. The number of aromatic nitrogens is 1. The van der Waals surface area contributed by atoms with Crippen molar-refractivity contribution < 1.29 is 23.8 Å². The van der Waals surface area contributed by atoms with Crippen LogP contribution in [0.3, 0.4) is 0 Å². The van der Waals surface area contributed by atoms with Crippen LogP contribution in [0.15, 0.2) is 47.1 Å². The Morgan fingerprint density at radius 2 is 1.91 bits per heavy atom. The Morgan fingerprint density at radius 3 is 2.55 bits per heavy atom. The molecule has 0 aliphatic carbocycles. The Morgan fingerprint density at radius 1 is 1.18 bits per heavy atom. The first-order valence-corrected chi connectivity index (χ1v) is 6.40. The van der Waals surface area contributed by atoms with Crippen LogP contribution in [0.4, 0.5) is 0 Å². The summed E-state index contributed by atoms with van der Waals surface area (Å²) >= 11 is 0. The second-order valence-electron chi connectivity index (χ2n) is 4.54. The molecular weight excluding hydrogens is 286 g/mol. The summed E-state index contributed by atoms with van der Waals surface area (Å²) < 4.78 is 10.7. The molecule has 2 aromatic heterocycles. The molecule has 2 heterocycles. The van der Waals surface area contributed by atoms with Crippen molar-refractivity contribution in [3.8, 4) is 5.75 Å². The number of ether oxygens (including phenoxy) is 1. The lowest BCUT2D eigenvalue weighted by atomic mass is 10.1. The summed E-state index contributed by atoms with van der Waals surface area (Å²) in [5, 5.41) is 9.56. The van der Waals surface area contributed by atoms with Crippen LogP contribution in [-0.4, -0.2) is 29.0 Å². The van der Waals surface area contributed by atoms with Crippen LogP contribution in [-0.2, 0) is 0 Å². The van der Waals surface area contributed by atoms with Crippen molar-refractivity contribution in [2.75, 3.05) is 7.11 Å². The van der Waals surface area contributed by atoms with E-state index >= 15 is 0 Å². The van der Waals surface area contributed by atoms with E-state index in [1.165, 1.54) is 37.7 Å². The molecule has 0 saturated carbocycles. The lowest BCUT2D eigenvalue weighted by Crippen LogP contribution is -1.99. The molecule has 110 valence electrons. The van der Waals surface area contributed by atoms with E-state index in [9.17, 15) is 14.7 Å². The average molecular weight is 297 g/mol. The summed E-state index contributed by atoms with van der Waals surface area (Å²) in [5.74, 6) is -1.03. The number of methoxy groups -OCH3 is 1. The monoisotopic (exact) mass is 297 g/mol. The van der Waals surface area contributed by atoms with Crippen molar-refractivity contribution in [3.05, 3.63) is 59.6 Å². The van der Waals surface area contributed by atoms with E-state index in [1.54, 1.807) is 12.1 Å². The van der Waals surface area contributed by atoms with E-state index in [4.69, 9.17) is 9.15 Å². The minimum atomic E-state index is -1.10. The molecule has 1 aromatic carbocycles. The molecule has 1 N–H and O–H groups in total. The number of carboxylic acids is 1. The van der Waals surface area contributed by atoms with Gasteiger partial charge >= 0.3 is 5.97 Å². The second kappa shape index (κ2) is 5.33. The van der Waals surface area contributed by atoms with E-state index in [-0.39, 0.29) is 22.7 Å². The third-order valence-corrected chi connectivity index (χ3v) is 3.26. The highest BCUT2D eigenvalue weighted by Crippen LogP contribution is 2.32. The van der Waals surface area contributed by atoms with Crippen LogP contribution < -0.4 is 4.74 Å². The maximum Gasteiger partial charge on any atom is 0.336 e. The summed E-state index contributed by atoms with van der Waals surface area (Å²) in [7, 11) is 1.45. The highest BCUT2D eigenvalue weighted by Gasteiger charge is 2.20. The lowest BCUT2D eigenvalue weighted by Gasteiger charge is -2.02. The van der Waals surface area contributed by atoms with Gasteiger partial charge in [-0.15, -0.1) is 0 Å². The van der Waals surface area contributed by atoms with Gasteiger partial charge in [-0.2, -0.15) is 0 Å². The molecule has 22 heavy (non-hydrogen) atoms. The number of carboxylic acid groups (broad SMARTS) is 1. The van der Waals surface area contributed by atoms with Gasteiger partial charge in [0.25, 0.3) is 0 Å². The number of fused-ring (bicyclic) bond motifs is 1. The van der Waals surface area contributed by atoms with Gasteiger partial charge in [-0.1, -0.05) is 0 Å². The van der Waals surface area contributed by atoms with E-state index in [0.717, 1.165) is 0 Å². The highest BCUT2D eigenvalue weighted by molar-refractivity contribution is 6.11. The molecule has 0 spiro atoms. The summed E-state index contributed by atoms with van der Waals surface area (Å²) in [6, 6.07) is 7.45. The van der Waals surface area contributed by atoms with Crippen molar-refractivity contribution >= 4 is 22.7 Å². The number of carbonyl (C=O) groups is 2. The van der Waals surface area contributed by atoms with Crippen LogP contribution >= 0.6 is 0 Å². The Labute approximate surface area is 125 Å². The van der Waals surface area contributed by atoms with Crippen LogP contribution in [0.1, 0.15) is 26.5 Å². The first kappa shape index (κ1) is 13.8. The van der Waals surface area contributed by atoms with E-state index in [1.807, 2.05) is 0 Å². The molecule has 0 aliphatic heterocycles. The molecule has 0 radical (unpaired) electrons. The van der Waals surface area contributed by atoms with Gasteiger partial charge in [-0.3, -0.25) is 9.78 Å². The number of rotatable bonds is 4. The Balaban J connectivity index is 2.19. The van der Waals surface area contributed by atoms with Crippen molar-refractivity contribution in [2.45, 2.75) is 0 Å². The number of hydrogen-bond donors (Lipinski definition) is 1. The summed E-state index contributed by atoms with van der Waals surface area (Å²) in [4.78, 5) is 27.5. The molecule has 0 unspecified atom stereocenters. The SMILES string of the molecule is COc1ccc(C(=O)O)c2cc(C(=O)c3ccncc3)oc12. The quantitative estimate of drug-likeness (QED) is 0.745. The molecule has 0 amide bonds. The fourth-order valence-corrected chi connectivity index (χ4v) is 2.20. The molecule has 0 aliphatic rings. The Bertz CT molecular complexity index is 867. The van der Waals surface area contributed by atoms with Gasteiger partial charge in [0.05, 0.1) is 12.7 Å². The topological polar surface area (TPSA) is 89.6 Å². The maximum atomic E-state index is 12.4. The standard InChI is InChI=1S/C16H11NO5/c1-21-12-3-2-10(16(19)20)11-8-13(22-15(11)12)14(18)9-4-6-17-7-5-9/h2-8H,1H3,(H,19,20). The summed E-state index contributed by atoms with van der Waals surface area (Å²) in [5.41, 5.74) is 0.693. The molecular formula is C16H11NO5. The molecule has 0 atom stereocenters. The van der Waals surface area contributed by atoms with Crippen molar-refractivity contribution in [3.63, 3.8) is 0 Å². The van der Waals surface area contributed by atoms with Gasteiger partial charge in [0, 0.05) is 23.3 Å². The third-order valence-electron chi connectivity index (χ3n) is 3.26. The number of pyridine rings is 1. The average Bonchev–Trinajstić information content (AvgIpc) is 2.98. The van der Waals surface area contributed by atoms with Crippen molar-refractivity contribution in [2.24, 2.45) is 0 Å². The zero-order valence-electron chi connectivity index (χ0n) is 11.6. The Hall–Kier alpha value is -3.15. The number of benzene rings is 1. The van der Waals surface area contributed by atoms with E-state index in [2.05, 4.69) is 4.98 Å². The number of ketones is 1. The number of hydrogen-bond acceptors (Lipinski definition) is 5. The minimum absolute atomic E-state index is 0.0493. The van der Waals surface area contributed by atoms with E-state index in [0.29, 0.717) is 16.7 Å². The first-order chi connectivity index (χ1) is 10.6. The van der Waals surface area contributed by atoms with E-state index < -0.39 is 5.97 Å². The largest absolute Gasteiger partial charge is 0.493 e. The smallest absolute Gasteiger partial charge is 0.336 e. The van der Waals surface area contributed by atoms with Crippen LogP contribution in [0.2, 0.25) is 0 Å². The van der Waals surface area contributed by atoms with Crippen molar-refractivity contribution in [1.82, 2.24) is 4.98 Å². The fourth-order valence-electron chi connectivity index (χ4n) is 2.20. The van der Waals surface area contributed by atoms with Gasteiger partial charge in [0.1, 0.15) is 0 Å². The van der Waals surface area contributed by atoms with Crippen LogP contribution in [0.5, 0.6) is 5.75 Å². The molecule has 0 fully saturated rings. The number of furan rings is 1. The van der Waals surface area contributed by atoms with Crippen LogP contribution in [0, 0.1) is 0 Å². The molecule has 0 bridgehead atoms. The fraction of sp³-hybridized carbons (Fsp3) is 0.0625. The predicted molar refractivity (Wildman–Crippen MR) is 77.4 cm³/mol. The summed E-state index contributed by atoms with van der Waals surface area (Å²) in [6.07, 6.45) is 3.00. The second-order valence-corrected chi connectivity index (χ2v) is 4.54. The maximum absolute atomic E-state index is 12.4. The molecule has 0 saturated heterocycles. The van der Waals surface area contributed by atoms with Gasteiger partial charge in [0.2, 0.25) is 5.78 Å². The summed E-state index contributed by atoms with van der Waals surface area (Å²) in [6.45, 7) is 0. The van der Waals surface area contributed by atoms with Crippen molar-refractivity contribution in [1.29, 1.82) is 0 Å². The molecule has 3 aromatic rings. The minimum Gasteiger partial charge on any atom is -0.493 e. The van der Waals surface area contributed by atoms with Gasteiger partial charge in [-0.25, -0.2) is 4.79 Å².